The van der Waals surface area contributed by atoms with Gasteiger partial charge in [0.05, 0.1) is 6.54 Å². The van der Waals surface area contributed by atoms with Gasteiger partial charge in [-0.15, -0.1) is 0 Å². The van der Waals surface area contributed by atoms with E-state index in [1.807, 2.05) is 50.4 Å². The third kappa shape index (κ3) is 7.85. The molecule has 0 aliphatic rings. The number of hydrogen-bond acceptors (Lipinski definition) is 4. The zero-order valence-electron chi connectivity index (χ0n) is 17.2. The van der Waals surface area contributed by atoms with Crippen molar-refractivity contribution in [2.24, 2.45) is 15.7 Å². The van der Waals surface area contributed by atoms with Crippen molar-refractivity contribution in [1.82, 2.24) is 10.2 Å². The molecule has 154 valence electrons. The Hall–Kier alpha value is -3.03. The molecule has 0 unspecified atom stereocenters. The molecule has 0 spiro atoms. The number of benzene rings is 2. The van der Waals surface area contributed by atoms with Gasteiger partial charge in [0.2, 0.25) is 5.96 Å². The highest BCUT2D eigenvalue weighted by Gasteiger charge is 2.06. The molecule has 2 rings (SSSR count). The quantitative estimate of drug-likeness (QED) is 0.449. The van der Waals surface area contributed by atoms with Crippen LogP contribution >= 0.6 is 0 Å². The lowest BCUT2D eigenvalue weighted by Crippen LogP contribution is -2.35. The lowest BCUT2D eigenvalue weighted by molar-refractivity contribution is 0.0950. The highest BCUT2D eigenvalue weighted by atomic mass is 16.1. The fraction of sp³-hybridized carbons (Fsp3) is 0.318. The SMILES string of the molecule is C=NC(=NCc1ccc(C(=O)NCCN(C)CCN)cc1)Nc1ccc(C)cc1. The molecule has 0 heterocycles. The Labute approximate surface area is 172 Å². The van der Waals surface area contributed by atoms with Crippen LogP contribution in [0, 0.1) is 6.92 Å². The molecule has 0 fully saturated rings. The molecule has 0 aliphatic heterocycles. The third-order valence-electron chi connectivity index (χ3n) is 4.37. The van der Waals surface area contributed by atoms with E-state index >= 15 is 0 Å². The molecular weight excluding hydrogens is 364 g/mol. The smallest absolute Gasteiger partial charge is 0.251 e. The van der Waals surface area contributed by atoms with E-state index in [1.165, 1.54) is 5.56 Å². The third-order valence-corrected chi connectivity index (χ3v) is 4.37. The fourth-order valence-corrected chi connectivity index (χ4v) is 2.62. The van der Waals surface area contributed by atoms with Gasteiger partial charge in [-0.1, -0.05) is 29.8 Å². The summed E-state index contributed by atoms with van der Waals surface area (Å²) in [5, 5.41) is 6.06. The summed E-state index contributed by atoms with van der Waals surface area (Å²) in [4.78, 5) is 22.7. The van der Waals surface area contributed by atoms with Crippen LogP contribution in [0.1, 0.15) is 21.5 Å². The number of aliphatic imine (C=N–C) groups is 2. The minimum atomic E-state index is -0.0873. The zero-order chi connectivity index (χ0) is 21.1. The van der Waals surface area contributed by atoms with Crippen molar-refractivity contribution in [3.05, 3.63) is 65.2 Å². The molecule has 4 N–H and O–H groups in total. The number of guanidine groups is 1. The first kappa shape index (κ1) is 22.3. The van der Waals surface area contributed by atoms with Crippen molar-refractivity contribution in [3.63, 3.8) is 0 Å². The first-order valence-corrected chi connectivity index (χ1v) is 9.62. The number of nitrogens with zero attached hydrogens (tertiary/aromatic N) is 3. The summed E-state index contributed by atoms with van der Waals surface area (Å²) in [6, 6.07) is 15.4. The predicted octanol–water partition coefficient (Wildman–Crippen LogP) is 2.28. The van der Waals surface area contributed by atoms with Crippen molar-refractivity contribution < 1.29 is 4.79 Å². The number of carbonyl (C=O) groups is 1. The minimum Gasteiger partial charge on any atom is -0.351 e. The highest BCUT2D eigenvalue weighted by molar-refractivity contribution is 5.96. The van der Waals surface area contributed by atoms with Crippen molar-refractivity contribution >= 4 is 24.3 Å². The second-order valence-electron chi connectivity index (χ2n) is 6.83. The standard InChI is InChI=1S/C22H30N6O/c1-17-4-10-20(11-5-17)27-22(24-2)26-16-18-6-8-19(9-7-18)21(29)25-13-15-28(3)14-12-23/h4-11H,2,12-16,23H2,1,3H3,(H,25,29)(H,26,27). The van der Waals surface area contributed by atoms with Crippen LogP contribution in [0.15, 0.2) is 58.5 Å². The predicted molar refractivity (Wildman–Crippen MR) is 121 cm³/mol. The highest BCUT2D eigenvalue weighted by Crippen LogP contribution is 2.10. The van der Waals surface area contributed by atoms with Gasteiger partial charge in [-0.3, -0.25) is 4.79 Å². The van der Waals surface area contributed by atoms with Crippen molar-refractivity contribution in [2.75, 3.05) is 38.5 Å². The van der Waals surface area contributed by atoms with Crippen LogP contribution in [0.25, 0.3) is 0 Å². The number of hydrogen-bond donors (Lipinski definition) is 3. The fourth-order valence-electron chi connectivity index (χ4n) is 2.62. The largest absolute Gasteiger partial charge is 0.351 e. The van der Waals surface area contributed by atoms with Gasteiger partial charge in [-0.2, -0.15) is 0 Å². The molecule has 0 aliphatic carbocycles. The second kappa shape index (κ2) is 11.7. The molecule has 29 heavy (non-hydrogen) atoms. The molecule has 7 nitrogen and oxygen atoms in total. The Bertz CT molecular complexity index is 814. The molecule has 0 aromatic heterocycles. The van der Waals surface area contributed by atoms with Crippen molar-refractivity contribution in [1.29, 1.82) is 0 Å². The molecule has 1 amide bonds. The lowest BCUT2D eigenvalue weighted by Gasteiger charge is -2.15. The van der Waals surface area contributed by atoms with E-state index < -0.39 is 0 Å². The van der Waals surface area contributed by atoms with E-state index in [4.69, 9.17) is 5.73 Å². The summed E-state index contributed by atoms with van der Waals surface area (Å²) in [5.41, 5.74) is 9.21. The van der Waals surface area contributed by atoms with E-state index in [1.54, 1.807) is 12.1 Å². The molecule has 0 bridgehead atoms. The summed E-state index contributed by atoms with van der Waals surface area (Å²) < 4.78 is 0. The van der Waals surface area contributed by atoms with Crippen LogP contribution in [-0.4, -0.2) is 56.7 Å². The maximum Gasteiger partial charge on any atom is 0.251 e. The number of carbonyl (C=O) groups excluding carboxylic acids is 1. The summed E-state index contributed by atoms with van der Waals surface area (Å²) in [6.45, 7) is 8.82. The Morgan fingerprint density at radius 1 is 1.10 bits per heavy atom. The van der Waals surface area contributed by atoms with Crippen LogP contribution < -0.4 is 16.4 Å². The molecule has 2 aromatic rings. The molecule has 0 saturated carbocycles. The van der Waals surface area contributed by atoms with Crippen LogP contribution in [-0.2, 0) is 6.54 Å². The monoisotopic (exact) mass is 394 g/mol. The molecule has 7 heteroatoms. The Balaban J connectivity index is 1.86. The molecule has 2 aromatic carbocycles. The van der Waals surface area contributed by atoms with Gasteiger partial charge in [0.15, 0.2) is 0 Å². The van der Waals surface area contributed by atoms with Crippen LogP contribution in [0.4, 0.5) is 5.69 Å². The Morgan fingerprint density at radius 3 is 2.41 bits per heavy atom. The first-order valence-electron chi connectivity index (χ1n) is 9.62. The van der Waals surface area contributed by atoms with Gasteiger partial charge in [0.25, 0.3) is 5.91 Å². The molecule has 0 radical (unpaired) electrons. The molecular formula is C22H30N6O. The van der Waals surface area contributed by atoms with E-state index in [2.05, 4.69) is 32.2 Å². The Morgan fingerprint density at radius 2 is 1.79 bits per heavy atom. The Kier molecular flexibility index (Phi) is 9.01. The zero-order valence-corrected chi connectivity index (χ0v) is 17.2. The maximum atomic E-state index is 12.2. The average molecular weight is 395 g/mol. The van der Waals surface area contributed by atoms with Gasteiger partial charge in [-0.05, 0) is 50.5 Å². The average Bonchev–Trinajstić information content (AvgIpc) is 2.73. The number of amides is 1. The van der Waals surface area contributed by atoms with Crippen LogP contribution in [0.5, 0.6) is 0 Å². The van der Waals surface area contributed by atoms with E-state index in [0.29, 0.717) is 31.2 Å². The van der Waals surface area contributed by atoms with Crippen LogP contribution in [0.3, 0.4) is 0 Å². The van der Waals surface area contributed by atoms with Gasteiger partial charge in [0, 0.05) is 37.4 Å². The number of aryl methyl sites for hydroxylation is 1. The van der Waals surface area contributed by atoms with Crippen molar-refractivity contribution in [3.8, 4) is 0 Å². The summed E-state index contributed by atoms with van der Waals surface area (Å²) in [5.74, 6) is 0.368. The van der Waals surface area contributed by atoms with Crippen molar-refractivity contribution in [2.45, 2.75) is 13.5 Å². The van der Waals surface area contributed by atoms with Gasteiger partial charge >= 0.3 is 0 Å². The van der Waals surface area contributed by atoms with Gasteiger partial charge in [-0.25, -0.2) is 9.98 Å². The topological polar surface area (TPSA) is 95.1 Å². The number of nitrogens with one attached hydrogen (secondary N) is 2. The summed E-state index contributed by atoms with van der Waals surface area (Å²) >= 11 is 0. The second-order valence-corrected chi connectivity index (χ2v) is 6.83. The summed E-state index contributed by atoms with van der Waals surface area (Å²) in [6.07, 6.45) is 0. The molecule has 0 atom stereocenters. The maximum absolute atomic E-state index is 12.2. The van der Waals surface area contributed by atoms with E-state index in [9.17, 15) is 4.79 Å². The normalized spacial score (nSPS) is 11.4. The first-order chi connectivity index (χ1) is 14.0. The van der Waals surface area contributed by atoms with Gasteiger partial charge < -0.3 is 21.3 Å². The van der Waals surface area contributed by atoms with Gasteiger partial charge in [0.1, 0.15) is 0 Å². The van der Waals surface area contributed by atoms with Crippen LogP contribution in [0.2, 0.25) is 0 Å². The van der Waals surface area contributed by atoms with E-state index in [-0.39, 0.29) is 5.91 Å². The van der Waals surface area contributed by atoms with E-state index in [0.717, 1.165) is 24.3 Å². The number of likely N-dealkylation sites (N-methyl/N-ethyl adjacent to an activating group) is 1. The molecule has 0 saturated heterocycles. The summed E-state index contributed by atoms with van der Waals surface area (Å²) in [7, 11) is 1.98. The lowest BCUT2D eigenvalue weighted by atomic mass is 10.1. The number of rotatable bonds is 9. The minimum absolute atomic E-state index is 0.0873. The number of anilines is 1. The number of nitrogens with two attached hydrogens (primary N) is 1.